The maximum Gasteiger partial charge on any atom is 0.297 e. The Bertz CT molecular complexity index is 3650. The molecular formula is C63H74N10O10S. The smallest absolute Gasteiger partial charge is 0.297 e. The van der Waals surface area contributed by atoms with Crippen LogP contribution in [0.1, 0.15) is 117 Å². The van der Waals surface area contributed by atoms with Crippen LogP contribution in [0.2, 0.25) is 0 Å². The van der Waals surface area contributed by atoms with Gasteiger partial charge in [-0.25, -0.2) is 13.1 Å². The van der Waals surface area contributed by atoms with Gasteiger partial charge in [0, 0.05) is 112 Å². The van der Waals surface area contributed by atoms with Crippen LogP contribution in [0, 0.1) is 28.4 Å². The minimum atomic E-state index is -4.71. The van der Waals surface area contributed by atoms with E-state index in [1.807, 2.05) is 36.7 Å². The minimum Gasteiger partial charge on any atom is -0.492 e. The van der Waals surface area contributed by atoms with Gasteiger partial charge in [0.25, 0.3) is 21.6 Å². The van der Waals surface area contributed by atoms with Crippen LogP contribution in [0.3, 0.4) is 0 Å². The topological polar surface area (TPSA) is 219 Å². The third kappa shape index (κ3) is 9.86. The number of hydrogen-bond donors (Lipinski definition) is 3. The van der Waals surface area contributed by atoms with E-state index in [0.717, 1.165) is 101 Å². The van der Waals surface area contributed by atoms with Crippen molar-refractivity contribution in [3.63, 3.8) is 0 Å². The van der Waals surface area contributed by atoms with Crippen molar-refractivity contribution in [2.24, 2.45) is 11.3 Å². The second-order valence-corrected chi connectivity index (χ2v) is 27.0. The number of anilines is 4. The molecule has 20 nitrogen and oxygen atoms in total. The quantitative estimate of drug-likeness (QED) is 0.0812. The lowest BCUT2D eigenvalue weighted by atomic mass is 9.59. The Morgan fingerprint density at radius 3 is 2.50 bits per heavy atom. The summed E-state index contributed by atoms with van der Waals surface area (Å²) in [6.07, 6.45) is 12.7. The number of piperidine rings is 1. The highest BCUT2D eigenvalue weighted by molar-refractivity contribution is 7.90. The number of rotatable bonds is 11. The fraction of sp³-hybridized carbons (Fsp3) is 0.508. The lowest BCUT2D eigenvalue weighted by molar-refractivity contribution is -0.384. The normalized spacial score (nSPS) is 24.7. The van der Waals surface area contributed by atoms with Gasteiger partial charge in [0.05, 0.1) is 52.6 Å². The van der Waals surface area contributed by atoms with Crippen molar-refractivity contribution in [2.75, 3.05) is 87.5 Å². The van der Waals surface area contributed by atoms with Gasteiger partial charge in [0.15, 0.2) is 11.4 Å². The van der Waals surface area contributed by atoms with Crippen molar-refractivity contribution in [1.29, 1.82) is 0 Å². The maximum atomic E-state index is 15.0. The number of hydrogen-bond acceptors (Lipinski definition) is 17. The van der Waals surface area contributed by atoms with E-state index in [9.17, 15) is 23.3 Å². The standard InChI is InChI=1S/C63H74N10O10S/c1-38-7-5-6-8-45(38)53-35-70(39(2)47-33-64-34-55-57(47)62(3,4)17-26-81-55)21-22-71(53)43-31-63(32-43)15-19-69(20-16-63)42-9-10-46(50(28-42)72-49-14-25-80-37-56(49)83-61-52(72)27-41-11-18-65-59(41)67-61)60(74)68-84(77,78)44-29-51(73(75)76)58-54(30-44)82-36-48(66-58)40-12-23-79-24-13-40/h5-11,18,27-30,33-34,39-40,43,48-49,53,56,66H,12-17,19-26,31-32,35-37H2,1-4H3,(H,65,67)(H,68,74)/t39?,48-,49-,53-,56-/m0/s1. The number of piperazine rings is 1. The maximum absolute atomic E-state index is 15.0. The molecule has 5 fully saturated rings. The molecule has 1 unspecified atom stereocenters. The van der Waals surface area contributed by atoms with Gasteiger partial charge in [-0.3, -0.25) is 29.7 Å². The summed E-state index contributed by atoms with van der Waals surface area (Å²) in [5, 5.41) is 16.7. The molecule has 8 aliphatic rings. The van der Waals surface area contributed by atoms with E-state index in [1.165, 1.54) is 28.3 Å². The molecule has 6 aromatic rings. The summed E-state index contributed by atoms with van der Waals surface area (Å²) < 4.78 is 61.6. The molecule has 0 radical (unpaired) electrons. The number of nitrogens with zero attached hydrogens (tertiary/aromatic N) is 7. The first-order valence-electron chi connectivity index (χ1n) is 30.0. The summed E-state index contributed by atoms with van der Waals surface area (Å²) in [6.45, 7) is 16.5. The summed E-state index contributed by atoms with van der Waals surface area (Å²) in [6, 6.07) is 21.0. The Morgan fingerprint density at radius 2 is 1.69 bits per heavy atom. The van der Waals surface area contributed by atoms with Crippen LogP contribution in [-0.4, -0.2) is 141 Å². The first kappa shape index (κ1) is 54.9. The second-order valence-electron chi connectivity index (χ2n) is 25.3. The number of carbonyl (C=O) groups excluding carboxylic acids is 1. The third-order valence-electron chi connectivity index (χ3n) is 20.1. The molecular weight excluding hydrogens is 1090 g/mol. The average molecular weight is 1160 g/mol. The number of amides is 1. The highest BCUT2D eigenvalue weighted by Crippen LogP contribution is 2.55. The Kier molecular flexibility index (Phi) is 14.0. The Balaban J connectivity index is 0.731. The number of benzene rings is 3. The molecule has 10 heterocycles. The van der Waals surface area contributed by atoms with Gasteiger partial charge in [-0.15, -0.1) is 0 Å². The van der Waals surface area contributed by atoms with E-state index in [0.29, 0.717) is 68.4 Å². The summed E-state index contributed by atoms with van der Waals surface area (Å²) in [5.74, 6) is 0.581. The van der Waals surface area contributed by atoms with Gasteiger partial charge in [-0.1, -0.05) is 38.1 Å². The van der Waals surface area contributed by atoms with Crippen molar-refractivity contribution in [3.8, 4) is 17.4 Å². The Labute approximate surface area is 489 Å². The van der Waals surface area contributed by atoms with Crippen molar-refractivity contribution >= 4 is 55.4 Å². The number of aromatic amines is 1. The van der Waals surface area contributed by atoms with E-state index in [-0.39, 0.29) is 64.5 Å². The first-order chi connectivity index (χ1) is 40.6. The average Bonchev–Trinajstić information content (AvgIpc) is 1.37. The lowest BCUT2D eigenvalue weighted by Gasteiger charge is -2.58. The van der Waals surface area contributed by atoms with Crippen LogP contribution < -0.4 is 34.0 Å². The van der Waals surface area contributed by atoms with Gasteiger partial charge in [0.1, 0.15) is 29.8 Å². The van der Waals surface area contributed by atoms with Gasteiger partial charge in [-0.05, 0) is 129 Å². The van der Waals surface area contributed by atoms with Crippen LogP contribution in [0.25, 0.3) is 11.0 Å². The number of aryl methyl sites for hydroxylation is 1. The molecule has 3 N–H and O–H groups in total. The van der Waals surface area contributed by atoms with Crippen LogP contribution in [-0.2, 0) is 24.9 Å². The lowest BCUT2D eigenvalue weighted by Crippen LogP contribution is -2.60. The molecule has 0 bridgehead atoms. The number of nitro groups is 1. The molecule has 1 amide bonds. The molecule has 442 valence electrons. The zero-order valence-corrected chi connectivity index (χ0v) is 49.0. The first-order valence-corrected chi connectivity index (χ1v) is 31.5. The number of nitro benzene ring substituents is 1. The number of H-pyrrole nitrogens is 1. The van der Waals surface area contributed by atoms with E-state index in [4.69, 9.17) is 28.7 Å². The van der Waals surface area contributed by atoms with Gasteiger partial charge in [-0.2, -0.15) is 4.98 Å². The van der Waals surface area contributed by atoms with Crippen LogP contribution in [0.15, 0.2) is 90.2 Å². The van der Waals surface area contributed by atoms with E-state index in [1.54, 1.807) is 6.07 Å². The number of fused-ring (bicyclic) bond motifs is 5. The molecule has 3 aromatic heterocycles. The van der Waals surface area contributed by atoms with Crippen molar-refractivity contribution in [2.45, 2.75) is 126 Å². The van der Waals surface area contributed by atoms with E-state index in [2.05, 4.69) is 97.8 Å². The second kappa shape index (κ2) is 21.5. The fourth-order valence-corrected chi connectivity index (χ4v) is 16.2. The summed E-state index contributed by atoms with van der Waals surface area (Å²) in [7, 11) is -4.71. The zero-order valence-electron chi connectivity index (χ0n) is 48.2. The summed E-state index contributed by atoms with van der Waals surface area (Å²) in [4.78, 5) is 49.2. The minimum absolute atomic E-state index is 0.00239. The predicted molar refractivity (Wildman–Crippen MR) is 317 cm³/mol. The molecule has 5 atom stereocenters. The number of sulfonamides is 1. The Hall–Kier alpha value is -7.04. The number of ether oxygens (including phenoxy) is 5. The highest BCUT2D eigenvalue weighted by atomic mass is 32.2. The fourth-order valence-electron chi connectivity index (χ4n) is 15.2. The summed E-state index contributed by atoms with van der Waals surface area (Å²) in [5.41, 5.74) is 7.90. The SMILES string of the molecule is Cc1ccccc1[C@@H]1CN(C(C)c2cncc3c2C(C)(C)CCO3)CCN1C1CC2(CCN(c3ccc(C(=O)NS(=O)(=O)c4cc5c(c([N+](=O)[O-])c4)N[C@H](C4CCOCC4)CO5)c(N4c5cc6cc[nH]c6nc5O[C@H]5COCC[C@@H]54)c3)CC2)C1. The van der Waals surface area contributed by atoms with Crippen molar-refractivity contribution < 1.29 is 41.8 Å². The summed E-state index contributed by atoms with van der Waals surface area (Å²) >= 11 is 0. The van der Waals surface area contributed by atoms with Crippen LogP contribution >= 0.6 is 0 Å². The monoisotopic (exact) mass is 1160 g/mol. The molecule has 1 aliphatic carbocycles. The molecule has 21 heteroatoms. The van der Waals surface area contributed by atoms with Crippen LogP contribution in [0.5, 0.6) is 17.4 Å². The van der Waals surface area contributed by atoms with Crippen LogP contribution in [0.4, 0.5) is 28.4 Å². The van der Waals surface area contributed by atoms with Gasteiger partial charge in [0.2, 0.25) is 5.88 Å². The molecule has 14 rings (SSSR count). The molecule has 84 heavy (non-hydrogen) atoms. The molecule has 4 saturated heterocycles. The zero-order chi connectivity index (χ0) is 57.6. The Morgan fingerprint density at radius 1 is 0.881 bits per heavy atom. The third-order valence-corrected chi connectivity index (χ3v) is 21.4. The van der Waals surface area contributed by atoms with E-state index >= 15 is 0 Å². The highest BCUT2D eigenvalue weighted by Gasteiger charge is 2.51. The number of nitrogens with one attached hydrogen (secondary N) is 3. The number of pyridine rings is 2. The van der Waals surface area contributed by atoms with Gasteiger partial charge >= 0.3 is 0 Å². The molecule has 3 aromatic carbocycles. The molecule has 1 spiro atoms. The van der Waals surface area contributed by atoms with Crippen molar-refractivity contribution in [3.05, 3.63) is 123 Å². The van der Waals surface area contributed by atoms with Crippen molar-refractivity contribution in [1.82, 2.24) is 29.5 Å². The molecule has 7 aliphatic heterocycles. The largest absolute Gasteiger partial charge is 0.492 e. The predicted octanol–water partition coefficient (Wildman–Crippen LogP) is 9.51. The van der Waals surface area contributed by atoms with Gasteiger partial charge < -0.3 is 43.8 Å². The molecule has 1 saturated carbocycles. The van der Waals surface area contributed by atoms with E-state index < -0.39 is 37.5 Å². The number of aromatic nitrogens is 3. The number of carbonyl (C=O) groups is 1.